The molecular formula is C22H22N4O2. The maximum Gasteiger partial charge on any atom is 0.272 e. The fourth-order valence-electron chi connectivity index (χ4n) is 4.17. The maximum absolute atomic E-state index is 13.2. The summed E-state index contributed by atoms with van der Waals surface area (Å²) in [6, 6.07) is 12.0. The van der Waals surface area contributed by atoms with Gasteiger partial charge in [-0.15, -0.1) is 0 Å². The fourth-order valence-corrected chi connectivity index (χ4v) is 4.17. The Morgan fingerprint density at radius 2 is 2.18 bits per heavy atom. The largest absolute Gasteiger partial charge is 0.493 e. The van der Waals surface area contributed by atoms with Crippen molar-refractivity contribution in [2.75, 3.05) is 13.2 Å². The van der Waals surface area contributed by atoms with Crippen LogP contribution in [-0.4, -0.2) is 39.1 Å². The molecule has 0 aliphatic carbocycles. The first-order valence-electron chi connectivity index (χ1n) is 9.82. The molecule has 2 aliphatic rings. The number of hydrogen-bond acceptors (Lipinski definition) is 4. The molecule has 2 aromatic heterocycles. The Balaban J connectivity index is 1.41. The van der Waals surface area contributed by atoms with Crippen LogP contribution in [0.5, 0.6) is 5.75 Å². The zero-order chi connectivity index (χ0) is 18.9. The van der Waals surface area contributed by atoms with E-state index in [-0.39, 0.29) is 11.9 Å². The van der Waals surface area contributed by atoms with Crippen LogP contribution in [0, 0.1) is 0 Å². The number of aromatic amines is 1. The average molecular weight is 374 g/mol. The number of fused-ring (bicyclic) bond motifs is 1. The van der Waals surface area contributed by atoms with E-state index in [4.69, 9.17) is 4.74 Å². The third-order valence-corrected chi connectivity index (χ3v) is 5.63. The summed E-state index contributed by atoms with van der Waals surface area (Å²) >= 11 is 0. The van der Waals surface area contributed by atoms with Gasteiger partial charge in [0.15, 0.2) is 0 Å². The Hall–Kier alpha value is -3.15. The fraction of sp³-hybridized carbons (Fsp3) is 0.318. The number of aromatic nitrogens is 3. The number of piperidine rings is 1. The Morgan fingerprint density at radius 3 is 3.07 bits per heavy atom. The quantitative estimate of drug-likeness (QED) is 0.757. The van der Waals surface area contributed by atoms with Crippen LogP contribution in [0.1, 0.15) is 46.9 Å². The molecule has 142 valence electrons. The van der Waals surface area contributed by atoms with Gasteiger partial charge in [-0.1, -0.05) is 6.07 Å². The number of carbonyl (C=O) groups excluding carboxylic acids is 1. The highest BCUT2D eigenvalue weighted by molar-refractivity contribution is 5.93. The van der Waals surface area contributed by atoms with Gasteiger partial charge in [-0.25, -0.2) is 0 Å². The zero-order valence-electron chi connectivity index (χ0n) is 15.6. The first-order valence-corrected chi connectivity index (χ1v) is 9.82. The van der Waals surface area contributed by atoms with Gasteiger partial charge >= 0.3 is 0 Å². The third-order valence-electron chi connectivity index (χ3n) is 5.63. The average Bonchev–Trinajstić information content (AvgIpc) is 3.43. The summed E-state index contributed by atoms with van der Waals surface area (Å²) in [4.78, 5) is 19.4. The molecule has 5 rings (SSSR count). The molecular weight excluding hydrogens is 352 g/mol. The number of likely N-dealkylation sites (tertiary alicyclic amines) is 1. The monoisotopic (exact) mass is 374 g/mol. The van der Waals surface area contributed by atoms with Crippen molar-refractivity contribution in [1.29, 1.82) is 0 Å². The van der Waals surface area contributed by atoms with E-state index >= 15 is 0 Å². The van der Waals surface area contributed by atoms with Crippen molar-refractivity contribution >= 4 is 5.91 Å². The smallest absolute Gasteiger partial charge is 0.272 e. The Bertz CT molecular complexity index is 999. The predicted molar refractivity (Wildman–Crippen MR) is 105 cm³/mol. The van der Waals surface area contributed by atoms with E-state index in [0.717, 1.165) is 61.4 Å². The molecule has 1 saturated heterocycles. The van der Waals surface area contributed by atoms with E-state index in [9.17, 15) is 4.79 Å². The minimum atomic E-state index is -0.00297. The van der Waals surface area contributed by atoms with Crippen LogP contribution in [0.25, 0.3) is 11.3 Å². The van der Waals surface area contributed by atoms with Crippen LogP contribution in [0.15, 0.2) is 48.8 Å². The summed E-state index contributed by atoms with van der Waals surface area (Å²) in [5.41, 5.74) is 4.60. The van der Waals surface area contributed by atoms with Gasteiger partial charge in [0, 0.05) is 30.9 Å². The molecule has 6 nitrogen and oxygen atoms in total. The first kappa shape index (κ1) is 17.0. The van der Waals surface area contributed by atoms with Crippen molar-refractivity contribution in [3.63, 3.8) is 0 Å². The minimum absolute atomic E-state index is 0.00297. The standard InChI is InChI=1S/C22H22N4O2/c27-22(26-10-2-1-5-20(26)17-4-3-9-23-14-17)19-13-18(24-25-19)15-6-7-21-16(12-15)8-11-28-21/h3-4,6-7,9,12-14,20H,1-2,5,8,10-11H2,(H,24,25). The lowest BCUT2D eigenvalue weighted by atomic mass is 9.96. The summed E-state index contributed by atoms with van der Waals surface area (Å²) in [6.07, 6.45) is 7.65. The van der Waals surface area contributed by atoms with Crippen LogP contribution in [0.2, 0.25) is 0 Å². The molecule has 1 N–H and O–H groups in total. The number of ether oxygens (including phenoxy) is 1. The Kier molecular flexibility index (Phi) is 4.31. The molecule has 1 aromatic carbocycles. The number of carbonyl (C=O) groups is 1. The molecule has 1 atom stereocenters. The van der Waals surface area contributed by atoms with Gasteiger partial charge in [-0.2, -0.15) is 5.10 Å². The molecule has 2 aliphatic heterocycles. The van der Waals surface area contributed by atoms with Crippen molar-refractivity contribution in [1.82, 2.24) is 20.1 Å². The van der Waals surface area contributed by atoms with Crippen LogP contribution in [0.4, 0.5) is 0 Å². The van der Waals surface area contributed by atoms with E-state index in [2.05, 4.69) is 21.2 Å². The van der Waals surface area contributed by atoms with Crippen molar-refractivity contribution in [3.8, 4) is 17.0 Å². The number of pyridine rings is 1. The van der Waals surface area contributed by atoms with Gasteiger partial charge in [0.25, 0.3) is 5.91 Å². The summed E-state index contributed by atoms with van der Waals surface area (Å²) in [6.45, 7) is 1.48. The van der Waals surface area contributed by atoms with E-state index in [1.54, 1.807) is 6.20 Å². The topological polar surface area (TPSA) is 71.1 Å². The Labute approximate surface area is 163 Å². The van der Waals surface area contributed by atoms with E-state index in [0.29, 0.717) is 5.69 Å². The zero-order valence-corrected chi connectivity index (χ0v) is 15.6. The number of H-pyrrole nitrogens is 1. The molecule has 1 unspecified atom stereocenters. The second-order valence-electron chi connectivity index (χ2n) is 7.38. The van der Waals surface area contributed by atoms with Gasteiger partial charge in [0.05, 0.1) is 18.3 Å². The van der Waals surface area contributed by atoms with Crippen molar-refractivity contribution in [2.45, 2.75) is 31.7 Å². The number of rotatable bonds is 3. The third kappa shape index (κ3) is 3.05. The SMILES string of the molecule is O=C(c1cc(-c2ccc3c(c2)CCO3)n[nH]1)N1CCCCC1c1cccnc1. The maximum atomic E-state index is 13.2. The number of benzene rings is 1. The van der Waals surface area contributed by atoms with E-state index in [1.165, 1.54) is 5.56 Å². The molecule has 0 saturated carbocycles. The molecule has 28 heavy (non-hydrogen) atoms. The second kappa shape index (κ2) is 7.11. The summed E-state index contributed by atoms with van der Waals surface area (Å²) < 4.78 is 5.57. The van der Waals surface area contributed by atoms with E-state index in [1.807, 2.05) is 41.4 Å². The molecule has 6 heteroatoms. The molecule has 3 aromatic rings. The summed E-state index contributed by atoms with van der Waals surface area (Å²) in [5, 5.41) is 7.35. The van der Waals surface area contributed by atoms with Crippen LogP contribution in [0.3, 0.4) is 0 Å². The minimum Gasteiger partial charge on any atom is -0.493 e. The highest BCUT2D eigenvalue weighted by Gasteiger charge is 2.30. The number of nitrogens with one attached hydrogen (secondary N) is 1. The molecule has 0 radical (unpaired) electrons. The number of nitrogens with zero attached hydrogens (tertiary/aromatic N) is 3. The van der Waals surface area contributed by atoms with Gasteiger partial charge in [-0.3, -0.25) is 14.9 Å². The van der Waals surface area contributed by atoms with Crippen molar-refractivity contribution in [2.24, 2.45) is 0 Å². The van der Waals surface area contributed by atoms with Crippen LogP contribution < -0.4 is 4.74 Å². The second-order valence-corrected chi connectivity index (χ2v) is 7.38. The van der Waals surface area contributed by atoms with Gasteiger partial charge in [0.1, 0.15) is 11.4 Å². The van der Waals surface area contributed by atoms with Gasteiger partial charge in [-0.05, 0) is 60.7 Å². The highest BCUT2D eigenvalue weighted by atomic mass is 16.5. The van der Waals surface area contributed by atoms with Crippen LogP contribution in [-0.2, 0) is 6.42 Å². The lowest BCUT2D eigenvalue weighted by molar-refractivity contribution is 0.0605. The van der Waals surface area contributed by atoms with Gasteiger partial charge in [0.2, 0.25) is 0 Å². The molecule has 0 spiro atoms. The molecule has 1 fully saturated rings. The van der Waals surface area contributed by atoms with Crippen molar-refractivity contribution in [3.05, 3.63) is 65.6 Å². The summed E-state index contributed by atoms with van der Waals surface area (Å²) in [5.74, 6) is 0.944. The highest BCUT2D eigenvalue weighted by Crippen LogP contribution is 2.33. The number of amides is 1. The normalized spacial score (nSPS) is 18.6. The van der Waals surface area contributed by atoms with E-state index < -0.39 is 0 Å². The lowest BCUT2D eigenvalue weighted by Crippen LogP contribution is -2.38. The number of hydrogen-bond donors (Lipinski definition) is 1. The predicted octanol–water partition coefficient (Wildman–Crippen LogP) is 3.77. The van der Waals surface area contributed by atoms with Crippen LogP contribution >= 0.6 is 0 Å². The molecule has 4 heterocycles. The lowest BCUT2D eigenvalue weighted by Gasteiger charge is -2.35. The van der Waals surface area contributed by atoms with Gasteiger partial charge < -0.3 is 9.64 Å². The Morgan fingerprint density at radius 1 is 1.21 bits per heavy atom. The van der Waals surface area contributed by atoms with Crippen molar-refractivity contribution < 1.29 is 9.53 Å². The summed E-state index contributed by atoms with van der Waals surface area (Å²) in [7, 11) is 0. The molecule has 0 bridgehead atoms. The molecule has 1 amide bonds. The first-order chi connectivity index (χ1) is 13.8.